The predicted octanol–water partition coefficient (Wildman–Crippen LogP) is 3.80. The first-order valence-corrected chi connectivity index (χ1v) is 7.51. The van der Waals surface area contributed by atoms with Gasteiger partial charge in [-0.2, -0.15) is 0 Å². The van der Waals surface area contributed by atoms with E-state index in [4.69, 9.17) is 0 Å². The summed E-state index contributed by atoms with van der Waals surface area (Å²) in [6, 6.07) is 12.7. The summed E-state index contributed by atoms with van der Waals surface area (Å²) < 4.78 is 0. The van der Waals surface area contributed by atoms with E-state index in [1.54, 1.807) is 12.1 Å². The number of hydrogen-bond acceptors (Lipinski definition) is 3. The van der Waals surface area contributed by atoms with Gasteiger partial charge >= 0.3 is 0 Å². The van der Waals surface area contributed by atoms with Crippen LogP contribution in [-0.2, 0) is 0 Å². The van der Waals surface area contributed by atoms with Gasteiger partial charge in [0.05, 0.1) is 5.56 Å². The summed E-state index contributed by atoms with van der Waals surface area (Å²) in [7, 11) is 0. The molecule has 0 saturated heterocycles. The molecule has 4 heteroatoms. The Morgan fingerprint density at radius 3 is 2.32 bits per heavy atom. The molecule has 0 radical (unpaired) electrons. The van der Waals surface area contributed by atoms with E-state index in [0.29, 0.717) is 5.69 Å². The Bertz CT molecular complexity index is 647. The number of carbonyl (C=O) groups excluding carboxylic acids is 1. The highest BCUT2D eigenvalue weighted by molar-refractivity contribution is 6.06. The molecule has 22 heavy (non-hydrogen) atoms. The van der Waals surface area contributed by atoms with Crippen LogP contribution in [0.4, 0.5) is 11.4 Å². The lowest BCUT2D eigenvalue weighted by molar-refractivity contribution is 0.102. The molecule has 0 aliphatic heterocycles. The van der Waals surface area contributed by atoms with Gasteiger partial charge in [-0.25, -0.2) is 0 Å². The van der Waals surface area contributed by atoms with Crippen LogP contribution in [0.2, 0.25) is 0 Å². The average Bonchev–Trinajstić information content (AvgIpc) is 2.52. The molecule has 116 valence electrons. The van der Waals surface area contributed by atoms with Crippen LogP contribution in [0.3, 0.4) is 0 Å². The van der Waals surface area contributed by atoms with Gasteiger partial charge in [0.1, 0.15) is 5.75 Å². The van der Waals surface area contributed by atoms with Crippen LogP contribution in [0.5, 0.6) is 5.75 Å². The Morgan fingerprint density at radius 1 is 1.09 bits per heavy atom. The van der Waals surface area contributed by atoms with Crippen molar-refractivity contribution >= 4 is 17.3 Å². The SMILES string of the molecule is CCN(CC)c1ccc(NC(=O)c2cc(C)ccc2O)cc1. The summed E-state index contributed by atoms with van der Waals surface area (Å²) in [5.41, 5.74) is 3.05. The molecular formula is C18H22N2O2. The maximum Gasteiger partial charge on any atom is 0.259 e. The van der Waals surface area contributed by atoms with Crippen LogP contribution in [0.15, 0.2) is 42.5 Å². The van der Waals surface area contributed by atoms with E-state index in [9.17, 15) is 9.90 Å². The number of phenols is 1. The molecule has 0 unspecified atom stereocenters. The minimum absolute atomic E-state index is 0.0112. The number of carbonyl (C=O) groups is 1. The highest BCUT2D eigenvalue weighted by Crippen LogP contribution is 2.21. The second-order valence-corrected chi connectivity index (χ2v) is 5.19. The Kier molecular flexibility index (Phi) is 5.04. The monoisotopic (exact) mass is 298 g/mol. The number of aromatic hydroxyl groups is 1. The number of amides is 1. The summed E-state index contributed by atoms with van der Waals surface area (Å²) in [4.78, 5) is 14.5. The number of aryl methyl sites for hydroxylation is 1. The number of nitrogens with one attached hydrogen (secondary N) is 1. The van der Waals surface area contributed by atoms with Gasteiger partial charge in [-0.1, -0.05) is 11.6 Å². The topological polar surface area (TPSA) is 52.6 Å². The Morgan fingerprint density at radius 2 is 1.73 bits per heavy atom. The van der Waals surface area contributed by atoms with Crippen molar-refractivity contribution < 1.29 is 9.90 Å². The van der Waals surface area contributed by atoms with Crippen LogP contribution in [0.25, 0.3) is 0 Å². The van der Waals surface area contributed by atoms with Gasteiger partial charge in [0.2, 0.25) is 0 Å². The molecule has 2 rings (SSSR count). The van der Waals surface area contributed by atoms with Crippen LogP contribution in [0.1, 0.15) is 29.8 Å². The first kappa shape index (κ1) is 15.9. The van der Waals surface area contributed by atoms with E-state index in [0.717, 1.165) is 24.3 Å². The highest BCUT2D eigenvalue weighted by Gasteiger charge is 2.11. The molecule has 0 heterocycles. The first-order valence-electron chi connectivity index (χ1n) is 7.51. The number of anilines is 2. The molecular weight excluding hydrogens is 276 g/mol. The van der Waals surface area contributed by atoms with Crippen LogP contribution < -0.4 is 10.2 Å². The molecule has 0 fully saturated rings. The third-order valence-corrected chi connectivity index (χ3v) is 3.65. The van der Waals surface area contributed by atoms with Crippen molar-refractivity contribution in [3.05, 3.63) is 53.6 Å². The summed E-state index contributed by atoms with van der Waals surface area (Å²) in [5.74, 6) is -0.320. The van der Waals surface area contributed by atoms with Crippen LogP contribution >= 0.6 is 0 Å². The van der Waals surface area contributed by atoms with Crippen molar-refractivity contribution in [1.29, 1.82) is 0 Å². The Labute approximate surface area is 131 Å². The van der Waals surface area contributed by atoms with Crippen molar-refractivity contribution in [3.8, 4) is 5.75 Å². The Hall–Kier alpha value is -2.49. The predicted molar refractivity (Wildman–Crippen MR) is 90.8 cm³/mol. The smallest absolute Gasteiger partial charge is 0.259 e. The zero-order valence-corrected chi connectivity index (χ0v) is 13.3. The normalized spacial score (nSPS) is 10.3. The lowest BCUT2D eigenvalue weighted by Crippen LogP contribution is -2.21. The minimum atomic E-state index is -0.309. The van der Waals surface area contributed by atoms with Gasteiger partial charge in [-0.15, -0.1) is 0 Å². The molecule has 0 aliphatic carbocycles. The standard InChI is InChI=1S/C18H22N2O2/c1-4-20(5-2)15-9-7-14(8-10-15)19-18(22)16-12-13(3)6-11-17(16)21/h6-12,21H,4-5H2,1-3H3,(H,19,22). The average molecular weight is 298 g/mol. The fourth-order valence-corrected chi connectivity index (χ4v) is 2.37. The second kappa shape index (κ2) is 6.98. The lowest BCUT2D eigenvalue weighted by atomic mass is 10.1. The fourth-order valence-electron chi connectivity index (χ4n) is 2.37. The zero-order chi connectivity index (χ0) is 16.1. The number of phenolic OH excluding ortho intramolecular Hbond substituents is 1. The van der Waals surface area contributed by atoms with E-state index in [1.165, 1.54) is 6.07 Å². The van der Waals surface area contributed by atoms with E-state index in [-0.39, 0.29) is 17.2 Å². The van der Waals surface area contributed by atoms with Crippen LogP contribution in [-0.4, -0.2) is 24.1 Å². The van der Waals surface area contributed by atoms with Crippen molar-refractivity contribution in [1.82, 2.24) is 0 Å². The molecule has 0 aliphatic rings. The highest BCUT2D eigenvalue weighted by atomic mass is 16.3. The molecule has 1 amide bonds. The molecule has 2 aromatic carbocycles. The lowest BCUT2D eigenvalue weighted by Gasteiger charge is -2.21. The van der Waals surface area contributed by atoms with E-state index in [2.05, 4.69) is 24.1 Å². The molecule has 0 atom stereocenters. The quantitative estimate of drug-likeness (QED) is 0.882. The van der Waals surface area contributed by atoms with Gasteiger partial charge in [0.15, 0.2) is 0 Å². The maximum absolute atomic E-state index is 12.2. The zero-order valence-electron chi connectivity index (χ0n) is 13.3. The largest absolute Gasteiger partial charge is 0.507 e. The van der Waals surface area contributed by atoms with Gasteiger partial charge in [-0.3, -0.25) is 4.79 Å². The van der Waals surface area contributed by atoms with Crippen molar-refractivity contribution in [3.63, 3.8) is 0 Å². The van der Waals surface area contributed by atoms with Gasteiger partial charge in [0.25, 0.3) is 5.91 Å². The van der Waals surface area contributed by atoms with E-state index < -0.39 is 0 Å². The second-order valence-electron chi connectivity index (χ2n) is 5.19. The first-order chi connectivity index (χ1) is 10.5. The summed E-state index contributed by atoms with van der Waals surface area (Å²) in [5, 5.41) is 12.6. The van der Waals surface area contributed by atoms with Gasteiger partial charge in [-0.05, 0) is 57.2 Å². The summed E-state index contributed by atoms with van der Waals surface area (Å²) >= 11 is 0. The van der Waals surface area contributed by atoms with Crippen molar-refractivity contribution in [2.45, 2.75) is 20.8 Å². The van der Waals surface area contributed by atoms with E-state index >= 15 is 0 Å². The summed E-state index contributed by atoms with van der Waals surface area (Å²) in [6.07, 6.45) is 0. The third-order valence-electron chi connectivity index (χ3n) is 3.65. The summed E-state index contributed by atoms with van der Waals surface area (Å²) in [6.45, 7) is 7.99. The van der Waals surface area contributed by atoms with Gasteiger partial charge < -0.3 is 15.3 Å². The molecule has 2 aromatic rings. The van der Waals surface area contributed by atoms with Crippen LogP contribution in [0, 0.1) is 6.92 Å². The number of benzene rings is 2. The van der Waals surface area contributed by atoms with Gasteiger partial charge in [0, 0.05) is 24.5 Å². The van der Waals surface area contributed by atoms with E-state index in [1.807, 2.05) is 31.2 Å². The van der Waals surface area contributed by atoms with Crippen molar-refractivity contribution in [2.75, 3.05) is 23.3 Å². The Balaban J connectivity index is 2.13. The molecule has 0 bridgehead atoms. The molecule has 4 nitrogen and oxygen atoms in total. The number of rotatable bonds is 5. The fraction of sp³-hybridized carbons (Fsp3) is 0.278. The number of nitrogens with zero attached hydrogens (tertiary/aromatic N) is 1. The molecule has 0 aromatic heterocycles. The van der Waals surface area contributed by atoms with Crippen molar-refractivity contribution in [2.24, 2.45) is 0 Å². The number of hydrogen-bond donors (Lipinski definition) is 2. The maximum atomic E-state index is 12.2. The molecule has 0 spiro atoms. The molecule has 0 saturated carbocycles. The minimum Gasteiger partial charge on any atom is -0.507 e. The third kappa shape index (κ3) is 3.58. The molecule has 2 N–H and O–H groups in total.